The molecule has 0 heterocycles. The molecule has 0 aromatic heterocycles. The average molecular weight is 361 g/mol. The molecule has 2 aromatic rings. The molecule has 0 spiro atoms. The summed E-state index contributed by atoms with van der Waals surface area (Å²) in [6.45, 7) is 1.81. The van der Waals surface area contributed by atoms with E-state index in [1.54, 1.807) is 44.3 Å². The molecular weight excluding hydrogens is 340 g/mol. The van der Waals surface area contributed by atoms with Gasteiger partial charge in [-0.15, -0.1) is 0 Å². The third-order valence-corrected chi connectivity index (χ3v) is 4.42. The molecule has 0 bridgehead atoms. The highest BCUT2D eigenvalue weighted by Gasteiger charge is 2.30. The lowest BCUT2D eigenvalue weighted by Crippen LogP contribution is -2.44. The van der Waals surface area contributed by atoms with Gasteiger partial charge in [-0.25, -0.2) is 4.79 Å². The first-order valence-electron chi connectivity index (χ1n) is 7.79. The van der Waals surface area contributed by atoms with Crippen LogP contribution < -0.4 is 5.73 Å². The Morgan fingerprint density at radius 2 is 1.84 bits per heavy atom. The average Bonchev–Trinajstić information content (AvgIpc) is 2.59. The number of rotatable bonds is 5. The Morgan fingerprint density at radius 3 is 2.40 bits per heavy atom. The first-order valence-corrected chi connectivity index (χ1v) is 8.17. The molecule has 0 aliphatic rings. The van der Waals surface area contributed by atoms with Gasteiger partial charge in [-0.1, -0.05) is 35.9 Å². The summed E-state index contributed by atoms with van der Waals surface area (Å²) in [6.07, 6.45) is 0.318. The maximum atomic E-state index is 12.9. The van der Waals surface area contributed by atoms with Crippen molar-refractivity contribution < 1.29 is 14.3 Å². The first kappa shape index (κ1) is 18.8. The Labute approximate surface area is 152 Å². The number of nitrogens with zero attached hydrogens (tertiary/aromatic N) is 1. The third-order valence-electron chi connectivity index (χ3n) is 4.11. The molecule has 132 valence electrons. The third kappa shape index (κ3) is 4.31. The molecule has 1 amide bonds. The summed E-state index contributed by atoms with van der Waals surface area (Å²) in [5, 5.41) is 0.355. The monoisotopic (exact) mass is 360 g/mol. The van der Waals surface area contributed by atoms with Gasteiger partial charge < -0.3 is 15.4 Å². The molecule has 0 saturated heterocycles. The number of nitrogens with two attached hydrogens (primary N) is 1. The molecular formula is C19H21ClN2O3. The molecule has 6 heteroatoms. The Bertz CT molecular complexity index is 754. The van der Waals surface area contributed by atoms with E-state index in [4.69, 9.17) is 22.1 Å². The van der Waals surface area contributed by atoms with E-state index < -0.39 is 12.0 Å². The van der Waals surface area contributed by atoms with Crippen molar-refractivity contribution in [3.63, 3.8) is 0 Å². The molecule has 0 fully saturated rings. The highest BCUT2D eigenvalue weighted by molar-refractivity contribution is 6.34. The number of aryl methyl sites for hydroxylation is 1. The molecule has 1 atom stereocenters. The highest BCUT2D eigenvalue weighted by atomic mass is 35.5. The number of carbonyl (C=O) groups is 2. The number of likely N-dealkylation sites (N-methyl/N-ethyl adjacent to an activating group) is 1. The van der Waals surface area contributed by atoms with Crippen molar-refractivity contribution in [3.8, 4) is 0 Å². The number of benzene rings is 2. The topological polar surface area (TPSA) is 72.6 Å². The molecule has 2 rings (SSSR count). The maximum absolute atomic E-state index is 12.9. The maximum Gasteiger partial charge on any atom is 0.328 e. The fraction of sp³-hybridized carbons (Fsp3) is 0.263. The van der Waals surface area contributed by atoms with Crippen LogP contribution in [0.25, 0.3) is 0 Å². The molecule has 25 heavy (non-hydrogen) atoms. The van der Waals surface area contributed by atoms with Crippen molar-refractivity contribution in [2.24, 2.45) is 0 Å². The molecule has 2 N–H and O–H groups in total. The molecule has 0 aliphatic carbocycles. The summed E-state index contributed by atoms with van der Waals surface area (Å²) < 4.78 is 4.89. The number of hydrogen-bond donors (Lipinski definition) is 1. The van der Waals surface area contributed by atoms with Crippen LogP contribution in [0.1, 0.15) is 21.5 Å². The summed E-state index contributed by atoms with van der Waals surface area (Å²) in [6, 6.07) is 11.6. The zero-order valence-electron chi connectivity index (χ0n) is 14.5. The summed E-state index contributed by atoms with van der Waals surface area (Å²) in [5.74, 6) is -0.814. The zero-order valence-corrected chi connectivity index (χ0v) is 15.2. The fourth-order valence-corrected chi connectivity index (χ4v) is 2.91. The molecule has 0 radical (unpaired) electrons. The van der Waals surface area contributed by atoms with Crippen LogP contribution in [-0.4, -0.2) is 37.0 Å². The zero-order chi connectivity index (χ0) is 18.6. The molecule has 5 nitrogen and oxygen atoms in total. The highest BCUT2D eigenvalue weighted by Crippen LogP contribution is 2.23. The largest absolute Gasteiger partial charge is 0.467 e. The van der Waals surface area contributed by atoms with E-state index in [0.717, 1.165) is 11.1 Å². The second kappa shape index (κ2) is 8.03. The van der Waals surface area contributed by atoms with E-state index in [1.165, 1.54) is 12.0 Å². The van der Waals surface area contributed by atoms with Crippen molar-refractivity contribution in [2.45, 2.75) is 19.4 Å². The molecule has 0 saturated carbocycles. The van der Waals surface area contributed by atoms with Gasteiger partial charge in [-0.05, 0) is 36.2 Å². The van der Waals surface area contributed by atoms with Crippen LogP contribution in [0.3, 0.4) is 0 Å². The number of amides is 1. The summed E-state index contributed by atoms with van der Waals surface area (Å²) in [4.78, 5) is 26.5. The van der Waals surface area contributed by atoms with Crippen LogP contribution in [0.2, 0.25) is 5.02 Å². The lowest BCUT2D eigenvalue weighted by molar-refractivity contribution is -0.145. The van der Waals surface area contributed by atoms with Gasteiger partial charge in [-0.2, -0.15) is 0 Å². The number of hydrogen-bond acceptors (Lipinski definition) is 4. The number of anilines is 1. The van der Waals surface area contributed by atoms with Gasteiger partial charge in [0, 0.05) is 19.2 Å². The lowest BCUT2D eigenvalue weighted by atomic mass is 10.0. The van der Waals surface area contributed by atoms with Gasteiger partial charge in [-0.3, -0.25) is 4.79 Å². The quantitative estimate of drug-likeness (QED) is 0.657. The van der Waals surface area contributed by atoms with Crippen LogP contribution in [0.5, 0.6) is 0 Å². The van der Waals surface area contributed by atoms with Crippen LogP contribution in [0, 0.1) is 6.92 Å². The van der Waals surface area contributed by atoms with Gasteiger partial charge in [0.05, 0.1) is 17.7 Å². The summed E-state index contributed by atoms with van der Waals surface area (Å²) in [7, 11) is 2.88. The van der Waals surface area contributed by atoms with Crippen molar-refractivity contribution in [1.82, 2.24) is 4.90 Å². The minimum atomic E-state index is -0.767. The normalized spacial score (nSPS) is 11.7. The van der Waals surface area contributed by atoms with Gasteiger partial charge in [0.2, 0.25) is 0 Å². The Morgan fingerprint density at radius 1 is 1.20 bits per heavy atom. The van der Waals surface area contributed by atoms with Gasteiger partial charge in [0.15, 0.2) is 0 Å². The Balaban J connectivity index is 2.32. The second-order valence-electron chi connectivity index (χ2n) is 5.83. The van der Waals surface area contributed by atoms with E-state index >= 15 is 0 Å². The van der Waals surface area contributed by atoms with E-state index in [9.17, 15) is 9.59 Å². The molecule has 2 aromatic carbocycles. The predicted octanol–water partition coefficient (Wildman–Crippen LogP) is 3.09. The fourth-order valence-electron chi connectivity index (χ4n) is 2.61. The molecule has 0 unspecified atom stereocenters. The minimum Gasteiger partial charge on any atom is -0.467 e. The van der Waals surface area contributed by atoms with E-state index in [0.29, 0.717) is 22.7 Å². The van der Waals surface area contributed by atoms with Gasteiger partial charge >= 0.3 is 5.97 Å². The van der Waals surface area contributed by atoms with E-state index in [2.05, 4.69) is 0 Å². The standard InChI is InChI=1S/C19H21ClN2O3/c1-12-5-4-6-15(20)17(12)18(23)22(2)16(19(24)25-3)11-13-7-9-14(21)10-8-13/h4-10,16H,11,21H2,1-3H3/t16-/m0/s1. The van der Waals surface area contributed by atoms with Crippen LogP contribution >= 0.6 is 11.6 Å². The minimum absolute atomic E-state index is 0.318. The lowest BCUT2D eigenvalue weighted by Gasteiger charge is -2.27. The predicted molar refractivity (Wildman–Crippen MR) is 98.6 cm³/mol. The number of methoxy groups -OCH3 is 1. The SMILES string of the molecule is COC(=O)[C@H](Cc1ccc(N)cc1)N(C)C(=O)c1c(C)cccc1Cl. The van der Waals surface area contributed by atoms with E-state index in [-0.39, 0.29) is 5.91 Å². The number of halogens is 1. The number of carbonyl (C=O) groups excluding carboxylic acids is 2. The Hall–Kier alpha value is -2.53. The molecule has 0 aliphatic heterocycles. The number of nitrogen functional groups attached to an aromatic ring is 1. The van der Waals surface area contributed by atoms with Gasteiger partial charge in [0.25, 0.3) is 5.91 Å². The second-order valence-corrected chi connectivity index (χ2v) is 6.24. The van der Waals surface area contributed by atoms with Crippen molar-refractivity contribution >= 4 is 29.2 Å². The summed E-state index contributed by atoms with van der Waals surface area (Å²) >= 11 is 6.19. The van der Waals surface area contributed by atoms with Crippen molar-refractivity contribution in [1.29, 1.82) is 0 Å². The van der Waals surface area contributed by atoms with Crippen molar-refractivity contribution in [3.05, 3.63) is 64.2 Å². The smallest absolute Gasteiger partial charge is 0.328 e. The van der Waals surface area contributed by atoms with E-state index in [1.807, 2.05) is 12.1 Å². The number of ether oxygens (including phenoxy) is 1. The Kier molecular flexibility index (Phi) is 6.04. The van der Waals surface area contributed by atoms with Crippen LogP contribution in [0.4, 0.5) is 5.69 Å². The number of esters is 1. The van der Waals surface area contributed by atoms with Gasteiger partial charge in [0.1, 0.15) is 6.04 Å². The van der Waals surface area contributed by atoms with Crippen LogP contribution in [0.15, 0.2) is 42.5 Å². The van der Waals surface area contributed by atoms with Crippen LogP contribution in [-0.2, 0) is 16.0 Å². The summed E-state index contributed by atoms with van der Waals surface area (Å²) in [5.41, 5.74) is 8.34. The van der Waals surface area contributed by atoms with Crippen molar-refractivity contribution in [2.75, 3.05) is 19.9 Å². The first-order chi connectivity index (χ1) is 11.8.